The van der Waals surface area contributed by atoms with Crippen molar-refractivity contribution < 1.29 is 9.18 Å². The molecule has 2 aromatic carbocycles. The summed E-state index contributed by atoms with van der Waals surface area (Å²) in [6, 6.07) is 16.6. The molecule has 0 aliphatic carbocycles. The van der Waals surface area contributed by atoms with Crippen molar-refractivity contribution >= 4 is 17.4 Å². The van der Waals surface area contributed by atoms with Gasteiger partial charge >= 0.3 is 0 Å². The van der Waals surface area contributed by atoms with Crippen molar-refractivity contribution in [2.45, 2.75) is 26.2 Å². The number of hydrogen-bond donors (Lipinski definition) is 1. The van der Waals surface area contributed by atoms with E-state index in [1.54, 1.807) is 6.07 Å². The fourth-order valence-corrected chi connectivity index (χ4v) is 3.85. The van der Waals surface area contributed by atoms with E-state index in [-0.39, 0.29) is 23.2 Å². The molecule has 6 nitrogen and oxygen atoms in total. The monoisotopic (exact) mass is 420 g/mol. The molecule has 0 unspecified atom stereocenters. The Morgan fingerprint density at radius 1 is 1.16 bits per heavy atom. The molecule has 1 amide bonds. The predicted octanol–water partition coefficient (Wildman–Crippen LogP) is 3.79. The van der Waals surface area contributed by atoms with Crippen LogP contribution in [0.4, 0.5) is 15.9 Å². The Kier molecular flexibility index (Phi) is 6.11. The molecule has 160 valence electrons. The molecule has 1 fully saturated rings. The molecule has 3 aromatic rings. The van der Waals surface area contributed by atoms with Gasteiger partial charge in [-0.1, -0.05) is 19.1 Å². The normalized spacial score (nSPS) is 16.2. The smallest absolute Gasteiger partial charge is 0.271 e. The summed E-state index contributed by atoms with van der Waals surface area (Å²) in [7, 11) is 0. The lowest BCUT2D eigenvalue weighted by Crippen LogP contribution is -2.41. The second kappa shape index (κ2) is 9.12. The Balaban J connectivity index is 1.50. The fraction of sp³-hybridized carbons (Fsp3) is 0.292. The van der Waals surface area contributed by atoms with Crippen molar-refractivity contribution in [2.24, 2.45) is 5.92 Å². The molecule has 1 aliphatic rings. The number of aryl methyl sites for hydroxylation is 1. The van der Waals surface area contributed by atoms with E-state index in [4.69, 9.17) is 0 Å². The summed E-state index contributed by atoms with van der Waals surface area (Å²) in [5, 5.41) is 7.51. The molecule has 7 heteroatoms. The van der Waals surface area contributed by atoms with E-state index < -0.39 is 0 Å². The first-order valence-corrected chi connectivity index (χ1v) is 10.5. The quantitative estimate of drug-likeness (QED) is 0.682. The molecule has 0 bridgehead atoms. The number of nitrogens with one attached hydrogen (secondary N) is 1. The highest BCUT2D eigenvalue weighted by atomic mass is 19.1. The van der Waals surface area contributed by atoms with Crippen LogP contribution in [0.15, 0.2) is 65.5 Å². The zero-order valence-corrected chi connectivity index (χ0v) is 17.4. The largest absolute Gasteiger partial charge is 0.354 e. The van der Waals surface area contributed by atoms with Crippen LogP contribution in [-0.4, -0.2) is 28.8 Å². The number of carbonyl (C=O) groups excluding carboxylic acids is 1. The van der Waals surface area contributed by atoms with Crippen LogP contribution in [0.2, 0.25) is 0 Å². The maximum absolute atomic E-state index is 13.2. The van der Waals surface area contributed by atoms with Crippen LogP contribution in [0.25, 0.3) is 5.69 Å². The summed E-state index contributed by atoms with van der Waals surface area (Å²) < 4.78 is 14.5. The van der Waals surface area contributed by atoms with Crippen molar-refractivity contribution in [1.29, 1.82) is 0 Å². The van der Waals surface area contributed by atoms with Crippen molar-refractivity contribution in [3.05, 3.63) is 82.4 Å². The van der Waals surface area contributed by atoms with Gasteiger partial charge in [0.1, 0.15) is 11.6 Å². The maximum atomic E-state index is 13.2. The molecule has 1 aromatic heterocycles. The summed E-state index contributed by atoms with van der Waals surface area (Å²) in [4.78, 5) is 27.2. The number of piperidine rings is 1. The molecule has 1 N–H and O–H groups in total. The molecule has 1 atom stereocenters. The number of carbonyl (C=O) groups is 1. The van der Waals surface area contributed by atoms with Gasteiger partial charge in [0.15, 0.2) is 0 Å². The van der Waals surface area contributed by atoms with E-state index in [0.717, 1.165) is 31.5 Å². The van der Waals surface area contributed by atoms with Gasteiger partial charge in [-0.3, -0.25) is 9.59 Å². The molecule has 2 heterocycles. The number of amides is 1. The summed E-state index contributed by atoms with van der Waals surface area (Å²) in [6.45, 7) is 3.36. The second-order valence-corrected chi connectivity index (χ2v) is 7.75. The van der Waals surface area contributed by atoms with Gasteiger partial charge in [0.25, 0.3) is 5.56 Å². The van der Waals surface area contributed by atoms with Gasteiger partial charge in [-0.2, -0.15) is 4.68 Å². The van der Waals surface area contributed by atoms with Crippen molar-refractivity contribution in [3.8, 4) is 5.69 Å². The summed E-state index contributed by atoms with van der Waals surface area (Å²) in [5.41, 5.74) is 2.19. The van der Waals surface area contributed by atoms with Gasteiger partial charge < -0.3 is 10.2 Å². The zero-order chi connectivity index (χ0) is 21.8. The molecule has 1 aliphatic heterocycles. The Morgan fingerprint density at radius 3 is 2.74 bits per heavy atom. The van der Waals surface area contributed by atoms with Crippen LogP contribution in [0, 0.1) is 11.7 Å². The summed E-state index contributed by atoms with van der Waals surface area (Å²) in [6.07, 6.45) is 2.56. The molecule has 4 rings (SSSR count). The van der Waals surface area contributed by atoms with Crippen LogP contribution in [0.1, 0.15) is 25.3 Å². The van der Waals surface area contributed by atoms with Gasteiger partial charge in [0.05, 0.1) is 11.6 Å². The first-order valence-electron chi connectivity index (χ1n) is 10.5. The van der Waals surface area contributed by atoms with E-state index >= 15 is 0 Å². The molecular formula is C24H25FN4O2. The highest BCUT2D eigenvalue weighted by molar-refractivity contribution is 5.93. The van der Waals surface area contributed by atoms with Gasteiger partial charge in [0.2, 0.25) is 5.91 Å². The standard InChI is InChI=1S/C24H25FN4O2/c1-2-17-5-3-7-20(15-17)26-24(31)18-6-4-14-28(16-18)22-12-13-23(30)29(27-22)21-10-8-19(25)9-11-21/h3,5,7-13,15,18H,2,4,6,14,16H2,1H3,(H,26,31)/t18-/m0/s1. The van der Waals surface area contributed by atoms with E-state index in [1.807, 2.05) is 29.2 Å². The predicted molar refractivity (Wildman–Crippen MR) is 119 cm³/mol. The number of aromatic nitrogens is 2. The third-order valence-corrected chi connectivity index (χ3v) is 5.58. The van der Waals surface area contributed by atoms with Crippen LogP contribution in [0.3, 0.4) is 0 Å². The van der Waals surface area contributed by atoms with Crippen LogP contribution < -0.4 is 15.8 Å². The molecule has 0 radical (unpaired) electrons. The lowest BCUT2D eigenvalue weighted by Gasteiger charge is -2.33. The highest BCUT2D eigenvalue weighted by Crippen LogP contribution is 2.23. The Hall–Kier alpha value is -3.48. The average molecular weight is 420 g/mol. The number of halogens is 1. The minimum Gasteiger partial charge on any atom is -0.354 e. The van der Waals surface area contributed by atoms with E-state index in [2.05, 4.69) is 17.3 Å². The minimum absolute atomic E-state index is 0.00944. The Labute approximate surface area is 180 Å². The Bertz CT molecular complexity index is 1130. The van der Waals surface area contributed by atoms with Crippen LogP contribution >= 0.6 is 0 Å². The second-order valence-electron chi connectivity index (χ2n) is 7.75. The van der Waals surface area contributed by atoms with Crippen LogP contribution in [0.5, 0.6) is 0 Å². The van der Waals surface area contributed by atoms with Gasteiger partial charge in [0, 0.05) is 24.8 Å². The molecular weight excluding hydrogens is 395 g/mol. The molecule has 0 saturated carbocycles. The zero-order valence-electron chi connectivity index (χ0n) is 17.4. The van der Waals surface area contributed by atoms with E-state index in [1.165, 1.54) is 40.6 Å². The Morgan fingerprint density at radius 2 is 1.97 bits per heavy atom. The maximum Gasteiger partial charge on any atom is 0.271 e. The molecule has 31 heavy (non-hydrogen) atoms. The number of anilines is 2. The number of nitrogens with zero attached hydrogens (tertiary/aromatic N) is 3. The lowest BCUT2D eigenvalue weighted by molar-refractivity contribution is -0.120. The molecule has 0 spiro atoms. The number of hydrogen-bond acceptors (Lipinski definition) is 4. The first kappa shape index (κ1) is 20.8. The third kappa shape index (κ3) is 4.82. The summed E-state index contributed by atoms with van der Waals surface area (Å²) >= 11 is 0. The van der Waals surface area contributed by atoms with Gasteiger partial charge in [-0.15, -0.1) is 5.10 Å². The van der Waals surface area contributed by atoms with E-state index in [0.29, 0.717) is 18.1 Å². The van der Waals surface area contributed by atoms with Crippen molar-refractivity contribution in [1.82, 2.24) is 9.78 Å². The molecule has 1 saturated heterocycles. The number of benzene rings is 2. The topological polar surface area (TPSA) is 67.2 Å². The highest BCUT2D eigenvalue weighted by Gasteiger charge is 2.27. The fourth-order valence-electron chi connectivity index (χ4n) is 3.85. The summed E-state index contributed by atoms with van der Waals surface area (Å²) in [5.74, 6) is 0.0635. The third-order valence-electron chi connectivity index (χ3n) is 5.58. The van der Waals surface area contributed by atoms with Gasteiger partial charge in [-0.25, -0.2) is 4.39 Å². The minimum atomic E-state index is -0.373. The van der Waals surface area contributed by atoms with Gasteiger partial charge in [-0.05, 0) is 67.3 Å². The SMILES string of the molecule is CCc1cccc(NC(=O)[C@H]2CCCN(c3ccc(=O)n(-c4ccc(F)cc4)n3)C2)c1. The lowest BCUT2D eigenvalue weighted by atomic mass is 9.97. The first-order chi connectivity index (χ1) is 15.0. The van der Waals surface area contributed by atoms with Crippen LogP contribution in [-0.2, 0) is 11.2 Å². The van der Waals surface area contributed by atoms with Crippen molar-refractivity contribution in [3.63, 3.8) is 0 Å². The average Bonchev–Trinajstić information content (AvgIpc) is 2.80. The van der Waals surface area contributed by atoms with Crippen molar-refractivity contribution in [2.75, 3.05) is 23.3 Å². The number of rotatable bonds is 5. The van der Waals surface area contributed by atoms with E-state index in [9.17, 15) is 14.0 Å².